The van der Waals surface area contributed by atoms with Crippen LogP contribution >= 0.6 is 0 Å². The normalized spacial score (nSPS) is 12.1. The van der Waals surface area contributed by atoms with E-state index in [1.54, 1.807) is 6.07 Å². The van der Waals surface area contributed by atoms with Crippen molar-refractivity contribution in [2.45, 2.75) is 45.1 Å². The second kappa shape index (κ2) is 6.80. The molecule has 0 radical (unpaired) electrons. The lowest BCUT2D eigenvalue weighted by molar-refractivity contribution is 0.0935. The van der Waals surface area contributed by atoms with Gasteiger partial charge in [0.25, 0.3) is 0 Å². The number of alkyl halides is 1. The SMILES string of the molecule is CN(C)C(C)(C)CCC(=O)c1cc(CCCF)on1. The average Bonchev–Trinajstić information content (AvgIpc) is 2.82. The number of halogens is 1. The topological polar surface area (TPSA) is 46.3 Å². The first-order valence-corrected chi connectivity index (χ1v) is 6.59. The Morgan fingerprint density at radius 2 is 2.16 bits per heavy atom. The van der Waals surface area contributed by atoms with Gasteiger partial charge in [0.1, 0.15) is 11.5 Å². The molecule has 0 N–H and O–H groups in total. The van der Waals surface area contributed by atoms with Crippen LogP contribution in [0.4, 0.5) is 4.39 Å². The lowest BCUT2D eigenvalue weighted by Crippen LogP contribution is -2.38. The van der Waals surface area contributed by atoms with Crippen LogP contribution in [0.1, 0.15) is 49.4 Å². The molecule has 108 valence electrons. The Hall–Kier alpha value is -1.23. The smallest absolute Gasteiger partial charge is 0.184 e. The fourth-order valence-electron chi connectivity index (χ4n) is 1.57. The predicted octanol–water partition coefficient (Wildman–Crippen LogP) is 2.88. The van der Waals surface area contributed by atoms with Crippen molar-refractivity contribution in [2.24, 2.45) is 0 Å². The number of rotatable bonds is 8. The Morgan fingerprint density at radius 1 is 1.47 bits per heavy atom. The van der Waals surface area contributed by atoms with E-state index in [0.29, 0.717) is 30.7 Å². The molecule has 19 heavy (non-hydrogen) atoms. The van der Waals surface area contributed by atoms with Crippen LogP contribution in [0.3, 0.4) is 0 Å². The van der Waals surface area contributed by atoms with Crippen molar-refractivity contribution in [1.29, 1.82) is 0 Å². The molecule has 0 aliphatic carbocycles. The van der Waals surface area contributed by atoms with Crippen molar-refractivity contribution < 1.29 is 13.7 Å². The number of aromatic nitrogens is 1. The van der Waals surface area contributed by atoms with E-state index in [4.69, 9.17) is 4.52 Å². The van der Waals surface area contributed by atoms with Crippen LogP contribution in [0.25, 0.3) is 0 Å². The lowest BCUT2D eigenvalue weighted by atomic mass is 9.95. The third-order valence-corrected chi connectivity index (χ3v) is 3.58. The highest BCUT2D eigenvalue weighted by atomic mass is 19.1. The first-order valence-electron chi connectivity index (χ1n) is 6.59. The van der Waals surface area contributed by atoms with Crippen molar-refractivity contribution in [1.82, 2.24) is 10.1 Å². The van der Waals surface area contributed by atoms with E-state index in [0.717, 1.165) is 6.42 Å². The molecule has 0 saturated heterocycles. The van der Waals surface area contributed by atoms with Gasteiger partial charge in [0, 0.05) is 24.4 Å². The molecular formula is C14H23FN2O2. The zero-order valence-electron chi connectivity index (χ0n) is 12.2. The van der Waals surface area contributed by atoms with Crippen molar-refractivity contribution in [3.05, 3.63) is 17.5 Å². The van der Waals surface area contributed by atoms with Gasteiger partial charge in [0.2, 0.25) is 0 Å². The molecule has 0 unspecified atom stereocenters. The monoisotopic (exact) mass is 270 g/mol. The van der Waals surface area contributed by atoms with Crippen molar-refractivity contribution in [3.8, 4) is 0 Å². The molecular weight excluding hydrogens is 247 g/mol. The number of aryl methyl sites for hydroxylation is 1. The highest BCUT2D eigenvalue weighted by molar-refractivity contribution is 5.94. The number of carbonyl (C=O) groups excluding carboxylic acids is 1. The summed E-state index contributed by atoms with van der Waals surface area (Å²) >= 11 is 0. The van der Waals surface area contributed by atoms with Crippen LogP contribution in [0, 0.1) is 0 Å². The van der Waals surface area contributed by atoms with Crippen molar-refractivity contribution in [2.75, 3.05) is 20.8 Å². The van der Waals surface area contributed by atoms with E-state index < -0.39 is 0 Å². The molecule has 5 heteroatoms. The van der Waals surface area contributed by atoms with Crippen LogP contribution in [0.2, 0.25) is 0 Å². The zero-order valence-corrected chi connectivity index (χ0v) is 12.2. The van der Waals surface area contributed by atoms with Crippen LogP contribution in [0.15, 0.2) is 10.6 Å². The Morgan fingerprint density at radius 3 is 2.74 bits per heavy atom. The average molecular weight is 270 g/mol. The van der Waals surface area contributed by atoms with Gasteiger partial charge in [-0.05, 0) is 40.8 Å². The van der Waals surface area contributed by atoms with E-state index in [9.17, 15) is 9.18 Å². The van der Waals surface area contributed by atoms with Crippen molar-refractivity contribution in [3.63, 3.8) is 0 Å². The summed E-state index contributed by atoms with van der Waals surface area (Å²) in [5.74, 6) is 0.554. The first kappa shape index (κ1) is 15.8. The molecule has 4 nitrogen and oxygen atoms in total. The summed E-state index contributed by atoms with van der Waals surface area (Å²) in [7, 11) is 3.99. The molecule has 0 aromatic carbocycles. The standard InChI is InChI=1S/C14H23FN2O2/c1-14(2,17(3)4)8-7-13(18)12-10-11(19-16-12)6-5-9-15/h10H,5-9H2,1-4H3. The Kier molecular flexibility index (Phi) is 5.66. The summed E-state index contributed by atoms with van der Waals surface area (Å²) in [6.45, 7) is 3.80. The molecule has 0 aliphatic heterocycles. The van der Waals surface area contributed by atoms with Crippen LogP contribution in [0.5, 0.6) is 0 Å². The third kappa shape index (κ3) is 4.74. The van der Waals surface area contributed by atoms with Crippen LogP contribution in [-0.4, -0.2) is 42.1 Å². The van der Waals surface area contributed by atoms with E-state index in [2.05, 4.69) is 23.9 Å². The van der Waals surface area contributed by atoms with Gasteiger partial charge < -0.3 is 9.42 Å². The van der Waals surface area contributed by atoms with E-state index >= 15 is 0 Å². The van der Waals surface area contributed by atoms with Gasteiger partial charge in [-0.3, -0.25) is 9.18 Å². The second-order valence-electron chi connectivity index (χ2n) is 5.60. The molecule has 0 spiro atoms. The Bertz CT molecular complexity index is 413. The lowest BCUT2D eigenvalue weighted by Gasteiger charge is -2.32. The van der Waals surface area contributed by atoms with Crippen LogP contribution < -0.4 is 0 Å². The van der Waals surface area contributed by atoms with Gasteiger partial charge in [-0.25, -0.2) is 0 Å². The molecule has 0 fully saturated rings. The number of carbonyl (C=O) groups is 1. The number of nitrogens with zero attached hydrogens (tertiary/aromatic N) is 2. The third-order valence-electron chi connectivity index (χ3n) is 3.58. The molecule has 0 saturated carbocycles. The van der Waals surface area contributed by atoms with Crippen molar-refractivity contribution >= 4 is 5.78 Å². The summed E-state index contributed by atoms with van der Waals surface area (Å²) < 4.78 is 17.1. The fraction of sp³-hybridized carbons (Fsp3) is 0.714. The molecule has 1 rings (SSSR count). The van der Waals surface area contributed by atoms with Gasteiger partial charge in [-0.1, -0.05) is 5.16 Å². The molecule has 0 amide bonds. The maximum Gasteiger partial charge on any atom is 0.184 e. The zero-order chi connectivity index (χ0) is 14.5. The molecule has 1 heterocycles. The number of ketones is 1. The number of hydrogen-bond acceptors (Lipinski definition) is 4. The summed E-state index contributed by atoms with van der Waals surface area (Å²) in [5, 5.41) is 3.75. The highest BCUT2D eigenvalue weighted by Crippen LogP contribution is 2.19. The summed E-state index contributed by atoms with van der Waals surface area (Å²) in [6, 6.07) is 1.63. The van der Waals surface area contributed by atoms with E-state index in [1.807, 2.05) is 14.1 Å². The number of hydrogen-bond donors (Lipinski definition) is 0. The number of Topliss-reactive ketones (excluding diaryl/α,β-unsaturated/α-hetero) is 1. The Labute approximate surface area is 113 Å². The molecule has 0 bridgehead atoms. The van der Waals surface area contributed by atoms with Gasteiger partial charge in [-0.15, -0.1) is 0 Å². The van der Waals surface area contributed by atoms with E-state index in [1.165, 1.54) is 0 Å². The summed E-state index contributed by atoms with van der Waals surface area (Å²) in [4.78, 5) is 14.1. The maximum atomic E-state index is 12.0. The minimum atomic E-state index is -0.388. The predicted molar refractivity (Wildman–Crippen MR) is 72.1 cm³/mol. The Balaban J connectivity index is 2.52. The minimum absolute atomic E-state index is 0.0230. The second-order valence-corrected chi connectivity index (χ2v) is 5.60. The molecule has 0 atom stereocenters. The fourth-order valence-corrected chi connectivity index (χ4v) is 1.57. The maximum absolute atomic E-state index is 12.0. The minimum Gasteiger partial charge on any atom is -0.361 e. The van der Waals surface area contributed by atoms with Crippen LogP contribution in [-0.2, 0) is 6.42 Å². The molecule has 1 aromatic rings. The highest BCUT2D eigenvalue weighted by Gasteiger charge is 2.22. The first-order chi connectivity index (χ1) is 8.86. The van der Waals surface area contributed by atoms with Gasteiger partial charge in [0.05, 0.1) is 6.67 Å². The van der Waals surface area contributed by atoms with Gasteiger partial charge in [0.15, 0.2) is 5.78 Å². The van der Waals surface area contributed by atoms with E-state index in [-0.39, 0.29) is 18.0 Å². The summed E-state index contributed by atoms with van der Waals surface area (Å²) in [6.07, 6.45) is 2.07. The largest absolute Gasteiger partial charge is 0.361 e. The molecule has 1 aromatic heterocycles. The quantitative estimate of drug-likeness (QED) is 0.681. The van der Waals surface area contributed by atoms with Gasteiger partial charge in [-0.2, -0.15) is 0 Å². The summed E-state index contributed by atoms with van der Waals surface area (Å²) in [5.41, 5.74) is 0.319. The van der Waals surface area contributed by atoms with Gasteiger partial charge >= 0.3 is 0 Å². The molecule has 0 aliphatic rings.